The topological polar surface area (TPSA) is 55.8 Å². The molecule has 0 heterocycles. The average Bonchev–Trinajstić information content (AvgIpc) is 3.11. The SMILES string of the molecule is CC/C=C\C/C=C\C/C=C\C/C=C\CCCOCC(CO)OC(=O)CCCCCCCCCCCCC/C=C\C/C=C\CCCCCCC. The van der Waals surface area contributed by atoms with Crippen molar-refractivity contribution in [3.8, 4) is 0 Å². The molecule has 0 radical (unpaired) electrons. The molecule has 0 aromatic carbocycles. The van der Waals surface area contributed by atoms with E-state index >= 15 is 0 Å². The highest BCUT2D eigenvalue weighted by atomic mass is 16.6. The molecule has 0 rings (SSSR count). The van der Waals surface area contributed by atoms with Gasteiger partial charge < -0.3 is 14.6 Å². The van der Waals surface area contributed by atoms with Gasteiger partial charge in [-0.15, -0.1) is 0 Å². The van der Waals surface area contributed by atoms with Crippen LogP contribution in [0.15, 0.2) is 72.9 Å². The van der Waals surface area contributed by atoms with Crippen LogP contribution in [-0.4, -0.2) is 37.0 Å². The summed E-state index contributed by atoms with van der Waals surface area (Å²) in [5.41, 5.74) is 0. The minimum Gasteiger partial charge on any atom is -0.457 e. The number of unbranched alkanes of at least 4 members (excludes halogenated alkanes) is 17. The minimum atomic E-state index is -0.566. The third kappa shape index (κ3) is 40.1. The van der Waals surface area contributed by atoms with Crippen LogP contribution < -0.4 is 0 Å². The molecule has 0 saturated heterocycles. The standard InChI is InChI=1S/C45H78O4/c1-3-5-7-9-11-13-15-17-19-20-21-22-23-24-25-26-27-28-30-32-34-36-38-40-45(47)49-44(42-46)43-48-41-39-37-35-33-31-29-18-16-14-12-10-8-6-4-2/h6,8,12,14-15,17-18,20-21,29,33,35,44,46H,3-5,7,9-11,13,16,19,22-28,30-32,34,36-43H2,1-2H3/b8-6-,14-12-,17-15-,21-20-,29-18-,35-33-. The van der Waals surface area contributed by atoms with Crippen LogP contribution in [0.2, 0.25) is 0 Å². The van der Waals surface area contributed by atoms with Gasteiger partial charge in [0.1, 0.15) is 6.10 Å². The molecular weight excluding hydrogens is 604 g/mol. The van der Waals surface area contributed by atoms with E-state index in [1.165, 1.54) is 103 Å². The van der Waals surface area contributed by atoms with E-state index in [1.807, 2.05) is 0 Å². The number of aliphatic hydroxyl groups excluding tert-OH is 1. The normalized spacial score (nSPS) is 13.1. The van der Waals surface area contributed by atoms with Gasteiger partial charge in [0.25, 0.3) is 0 Å². The number of ether oxygens (including phenoxy) is 2. The molecule has 0 aromatic rings. The van der Waals surface area contributed by atoms with Crippen LogP contribution in [0, 0.1) is 0 Å². The molecule has 1 unspecified atom stereocenters. The van der Waals surface area contributed by atoms with Gasteiger partial charge in [-0.2, -0.15) is 0 Å². The second kappa shape index (κ2) is 42.0. The van der Waals surface area contributed by atoms with Crippen molar-refractivity contribution < 1.29 is 19.4 Å². The fraction of sp³-hybridized carbons (Fsp3) is 0.711. The summed E-state index contributed by atoms with van der Waals surface area (Å²) in [7, 11) is 0. The monoisotopic (exact) mass is 683 g/mol. The van der Waals surface area contributed by atoms with Crippen molar-refractivity contribution in [1.82, 2.24) is 0 Å². The maximum Gasteiger partial charge on any atom is 0.306 e. The van der Waals surface area contributed by atoms with E-state index in [2.05, 4.69) is 86.8 Å². The zero-order chi connectivity index (χ0) is 35.6. The van der Waals surface area contributed by atoms with E-state index in [1.54, 1.807) is 0 Å². The van der Waals surface area contributed by atoms with Crippen molar-refractivity contribution in [2.75, 3.05) is 19.8 Å². The fourth-order valence-electron chi connectivity index (χ4n) is 5.48. The Balaban J connectivity index is 3.50. The molecule has 4 nitrogen and oxygen atoms in total. The van der Waals surface area contributed by atoms with Crippen molar-refractivity contribution in [1.29, 1.82) is 0 Å². The Bertz CT molecular complexity index is 850. The molecule has 49 heavy (non-hydrogen) atoms. The van der Waals surface area contributed by atoms with E-state index in [-0.39, 0.29) is 19.2 Å². The van der Waals surface area contributed by atoms with Crippen LogP contribution in [-0.2, 0) is 14.3 Å². The number of carbonyl (C=O) groups is 1. The van der Waals surface area contributed by atoms with Gasteiger partial charge >= 0.3 is 5.97 Å². The highest BCUT2D eigenvalue weighted by Crippen LogP contribution is 2.13. The van der Waals surface area contributed by atoms with Crippen LogP contribution in [0.3, 0.4) is 0 Å². The second-order valence-electron chi connectivity index (χ2n) is 13.3. The Morgan fingerprint density at radius 2 is 0.918 bits per heavy atom. The fourth-order valence-corrected chi connectivity index (χ4v) is 5.48. The molecule has 1 N–H and O–H groups in total. The Morgan fingerprint density at radius 3 is 1.39 bits per heavy atom. The Labute approximate surface area is 304 Å². The molecular formula is C45H78O4. The van der Waals surface area contributed by atoms with Gasteiger partial charge in [0.05, 0.1) is 13.2 Å². The van der Waals surface area contributed by atoms with Crippen LogP contribution in [0.5, 0.6) is 0 Å². The van der Waals surface area contributed by atoms with E-state index in [4.69, 9.17) is 9.47 Å². The van der Waals surface area contributed by atoms with E-state index in [9.17, 15) is 9.90 Å². The molecule has 1 atom stereocenters. The quantitative estimate of drug-likeness (QED) is 0.0402. The summed E-state index contributed by atoms with van der Waals surface area (Å²) in [6.45, 7) is 5.08. The first-order chi connectivity index (χ1) is 24.2. The Morgan fingerprint density at radius 1 is 0.510 bits per heavy atom. The van der Waals surface area contributed by atoms with Crippen molar-refractivity contribution in [2.45, 2.75) is 187 Å². The number of aliphatic hydroxyl groups is 1. The summed E-state index contributed by atoms with van der Waals surface area (Å²) in [6, 6.07) is 0. The molecule has 0 fully saturated rings. The lowest BCUT2D eigenvalue weighted by atomic mass is 10.0. The van der Waals surface area contributed by atoms with E-state index < -0.39 is 6.10 Å². The summed E-state index contributed by atoms with van der Waals surface area (Å²) >= 11 is 0. The number of rotatable bonds is 37. The smallest absolute Gasteiger partial charge is 0.306 e. The molecule has 0 spiro atoms. The molecule has 282 valence electrons. The Kier molecular flexibility index (Phi) is 40.1. The first-order valence-corrected chi connectivity index (χ1v) is 20.5. The van der Waals surface area contributed by atoms with Gasteiger partial charge in [-0.05, 0) is 77.0 Å². The van der Waals surface area contributed by atoms with Gasteiger partial charge in [0.2, 0.25) is 0 Å². The van der Waals surface area contributed by atoms with Crippen LogP contribution in [0.25, 0.3) is 0 Å². The minimum absolute atomic E-state index is 0.198. The summed E-state index contributed by atoms with van der Waals surface area (Å²) in [5, 5.41) is 9.57. The lowest BCUT2D eigenvalue weighted by Gasteiger charge is -2.15. The van der Waals surface area contributed by atoms with Crippen LogP contribution in [0.1, 0.15) is 181 Å². The van der Waals surface area contributed by atoms with Crippen molar-refractivity contribution in [3.63, 3.8) is 0 Å². The van der Waals surface area contributed by atoms with Gasteiger partial charge in [-0.1, -0.05) is 170 Å². The molecule has 0 amide bonds. The van der Waals surface area contributed by atoms with Gasteiger partial charge in [0, 0.05) is 13.0 Å². The summed E-state index contributed by atoms with van der Waals surface area (Å²) < 4.78 is 11.1. The van der Waals surface area contributed by atoms with E-state index in [0.717, 1.165) is 57.8 Å². The first kappa shape index (κ1) is 46.8. The average molecular weight is 683 g/mol. The number of hydrogen-bond acceptors (Lipinski definition) is 4. The summed E-state index contributed by atoms with van der Waals surface area (Å²) in [6.07, 6.45) is 56.8. The third-order valence-corrected chi connectivity index (χ3v) is 8.52. The van der Waals surface area contributed by atoms with Crippen molar-refractivity contribution in [2.24, 2.45) is 0 Å². The molecule has 0 aliphatic heterocycles. The van der Waals surface area contributed by atoms with Crippen molar-refractivity contribution in [3.05, 3.63) is 72.9 Å². The van der Waals surface area contributed by atoms with Gasteiger partial charge in [-0.3, -0.25) is 4.79 Å². The van der Waals surface area contributed by atoms with Gasteiger partial charge in [0.15, 0.2) is 0 Å². The van der Waals surface area contributed by atoms with E-state index in [0.29, 0.717) is 13.0 Å². The molecule has 0 saturated carbocycles. The van der Waals surface area contributed by atoms with Crippen LogP contribution >= 0.6 is 0 Å². The second-order valence-corrected chi connectivity index (χ2v) is 13.3. The predicted octanol–water partition coefficient (Wildman–Crippen LogP) is 13.4. The number of carbonyl (C=O) groups excluding carboxylic acids is 1. The molecule has 0 aliphatic rings. The highest BCUT2D eigenvalue weighted by Gasteiger charge is 2.13. The zero-order valence-electron chi connectivity index (χ0n) is 32.2. The predicted molar refractivity (Wildman–Crippen MR) is 214 cm³/mol. The highest BCUT2D eigenvalue weighted by molar-refractivity contribution is 5.69. The first-order valence-electron chi connectivity index (χ1n) is 20.5. The third-order valence-electron chi connectivity index (χ3n) is 8.52. The Hall–Kier alpha value is -2.17. The molecule has 0 aromatic heterocycles. The lowest BCUT2D eigenvalue weighted by molar-refractivity contribution is -0.154. The number of esters is 1. The van der Waals surface area contributed by atoms with Crippen LogP contribution in [0.4, 0.5) is 0 Å². The largest absolute Gasteiger partial charge is 0.457 e. The van der Waals surface area contributed by atoms with Crippen molar-refractivity contribution >= 4 is 5.97 Å². The maximum absolute atomic E-state index is 12.2. The molecule has 4 heteroatoms. The summed E-state index contributed by atoms with van der Waals surface area (Å²) in [4.78, 5) is 12.2. The zero-order valence-corrected chi connectivity index (χ0v) is 32.2. The lowest BCUT2D eigenvalue weighted by Crippen LogP contribution is -2.27. The molecule has 0 aliphatic carbocycles. The molecule has 0 bridgehead atoms. The number of hydrogen-bond donors (Lipinski definition) is 1. The number of allylic oxidation sites excluding steroid dienone is 12. The summed E-state index contributed by atoms with van der Waals surface area (Å²) in [5.74, 6) is -0.224. The maximum atomic E-state index is 12.2. The van der Waals surface area contributed by atoms with Gasteiger partial charge in [-0.25, -0.2) is 0 Å².